The molecule has 0 radical (unpaired) electrons. The smallest absolute Gasteiger partial charge is 0.393 e. The van der Waals surface area contributed by atoms with Crippen molar-refractivity contribution in [1.82, 2.24) is 24.3 Å². The summed E-state index contributed by atoms with van der Waals surface area (Å²) >= 11 is 1.11. The Morgan fingerprint density at radius 2 is 1.85 bits per heavy atom. The van der Waals surface area contributed by atoms with Crippen LogP contribution in [0.5, 0.6) is 0 Å². The van der Waals surface area contributed by atoms with Crippen LogP contribution in [0.25, 0.3) is 16.2 Å². The minimum atomic E-state index is -5.00. The topological polar surface area (TPSA) is 130 Å². The fourth-order valence-electron chi connectivity index (χ4n) is 3.90. The molecule has 34 heavy (non-hydrogen) atoms. The number of halogens is 3. The van der Waals surface area contributed by atoms with E-state index in [0.717, 1.165) is 23.6 Å². The van der Waals surface area contributed by atoms with Gasteiger partial charge in [-0.3, -0.25) is 0 Å². The first-order valence-corrected chi connectivity index (χ1v) is 12.8. The van der Waals surface area contributed by atoms with E-state index in [1.165, 1.54) is 18.4 Å². The number of rotatable bonds is 5. The van der Waals surface area contributed by atoms with Crippen LogP contribution in [-0.2, 0) is 21.8 Å². The number of nitrogens with one attached hydrogen (secondary N) is 1. The molecule has 0 atom stereocenters. The maximum atomic E-state index is 13.7. The van der Waals surface area contributed by atoms with E-state index in [4.69, 9.17) is 0 Å². The standard InChI is InChI=1S/C20H24F3N5O4S2/c1-10-15(28-18(25-10)33-17(26-28)19(2,3)30)11-8-14(16(24-9-11)20(21,22)23)34(31,32)27-12-4-6-13(29)7-5-12/h8-9,12-13,27,29-30H,4-7H2,1-3H3/t12-,13-. The summed E-state index contributed by atoms with van der Waals surface area (Å²) < 4.78 is 71.0. The van der Waals surface area contributed by atoms with E-state index >= 15 is 0 Å². The number of aromatic nitrogens is 4. The van der Waals surface area contributed by atoms with Crippen molar-refractivity contribution in [2.45, 2.75) is 75.3 Å². The van der Waals surface area contributed by atoms with E-state index in [2.05, 4.69) is 19.8 Å². The quantitative estimate of drug-likeness (QED) is 0.473. The van der Waals surface area contributed by atoms with Gasteiger partial charge in [-0.15, -0.1) is 0 Å². The minimum absolute atomic E-state index is 0.0880. The van der Waals surface area contributed by atoms with Gasteiger partial charge in [0.25, 0.3) is 0 Å². The number of pyridine rings is 1. The van der Waals surface area contributed by atoms with Crippen LogP contribution in [-0.4, -0.2) is 50.4 Å². The van der Waals surface area contributed by atoms with Gasteiger partial charge in [0.1, 0.15) is 15.5 Å². The van der Waals surface area contributed by atoms with Gasteiger partial charge >= 0.3 is 6.18 Å². The Bertz CT molecular complexity index is 1320. The molecule has 3 aromatic rings. The molecule has 0 bridgehead atoms. The number of aliphatic hydroxyl groups excluding tert-OH is 1. The number of nitrogens with zero attached hydrogens (tertiary/aromatic N) is 4. The highest BCUT2D eigenvalue weighted by Crippen LogP contribution is 2.37. The third-order valence-electron chi connectivity index (χ3n) is 5.60. The predicted octanol–water partition coefficient (Wildman–Crippen LogP) is 2.99. The van der Waals surface area contributed by atoms with Gasteiger partial charge in [0.15, 0.2) is 5.69 Å². The van der Waals surface area contributed by atoms with Gasteiger partial charge < -0.3 is 10.2 Å². The molecule has 9 nitrogen and oxygen atoms in total. The summed E-state index contributed by atoms with van der Waals surface area (Å²) in [5.74, 6) is 0. The van der Waals surface area contributed by atoms with E-state index < -0.39 is 44.5 Å². The molecule has 0 unspecified atom stereocenters. The molecule has 0 aromatic carbocycles. The minimum Gasteiger partial charge on any atom is -0.393 e. The van der Waals surface area contributed by atoms with Gasteiger partial charge in [0, 0.05) is 17.8 Å². The number of imidazole rings is 1. The Hall–Kier alpha value is -2.13. The Labute approximate surface area is 197 Å². The lowest BCUT2D eigenvalue weighted by Crippen LogP contribution is -2.39. The summed E-state index contributed by atoms with van der Waals surface area (Å²) in [6.45, 7) is 4.70. The van der Waals surface area contributed by atoms with Crippen LogP contribution in [0.3, 0.4) is 0 Å². The Morgan fingerprint density at radius 1 is 1.21 bits per heavy atom. The fourth-order valence-corrected chi connectivity index (χ4v) is 6.35. The monoisotopic (exact) mass is 519 g/mol. The summed E-state index contributed by atoms with van der Waals surface area (Å²) in [6.07, 6.45) is -3.25. The predicted molar refractivity (Wildman–Crippen MR) is 118 cm³/mol. The Balaban J connectivity index is 1.82. The zero-order valence-electron chi connectivity index (χ0n) is 18.6. The van der Waals surface area contributed by atoms with Crippen LogP contribution < -0.4 is 4.72 Å². The van der Waals surface area contributed by atoms with Gasteiger partial charge in [0.05, 0.1) is 17.5 Å². The number of alkyl halides is 3. The second-order valence-corrected chi connectivity index (χ2v) is 11.5. The second-order valence-electron chi connectivity index (χ2n) is 8.90. The number of sulfonamides is 1. The number of aliphatic hydroxyl groups is 2. The molecule has 1 fully saturated rings. The molecule has 0 spiro atoms. The second kappa shape index (κ2) is 8.52. The van der Waals surface area contributed by atoms with Crippen molar-refractivity contribution < 1.29 is 31.8 Å². The molecule has 0 saturated heterocycles. The summed E-state index contributed by atoms with van der Waals surface area (Å²) in [5.41, 5.74) is -2.00. The molecule has 186 valence electrons. The van der Waals surface area contributed by atoms with Gasteiger partial charge in [-0.05, 0) is 52.5 Å². The molecule has 4 rings (SSSR count). The van der Waals surface area contributed by atoms with Gasteiger partial charge in [-0.1, -0.05) is 11.3 Å². The molecule has 1 saturated carbocycles. The Kier molecular flexibility index (Phi) is 6.26. The van der Waals surface area contributed by atoms with Crippen molar-refractivity contribution in [1.29, 1.82) is 0 Å². The number of aryl methyl sites for hydroxylation is 1. The van der Waals surface area contributed by atoms with E-state index in [1.807, 2.05) is 0 Å². The van der Waals surface area contributed by atoms with Crippen LogP contribution in [0.4, 0.5) is 13.2 Å². The fraction of sp³-hybridized carbons (Fsp3) is 0.550. The van der Waals surface area contributed by atoms with Crippen molar-refractivity contribution in [3.8, 4) is 11.3 Å². The van der Waals surface area contributed by atoms with Crippen molar-refractivity contribution >= 4 is 26.3 Å². The summed E-state index contributed by atoms with van der Waals surface area (Å²) in [6, 6.07) is 0.337. The molecule has 3 heterocycles. The highest BCUT2D eigenvalue weighted by Gasteiger charge is 2.40. The van der Waals surface area contributed by atoms with Crippen LogP contribution in [0.15, 0.2) is 17.2 Å². The van der Waals surface area contributed by atoms with E-state index in [0.29, 0.717) is 41.3 Å². The maximum Gasteiger partial charge on any atom is 0.434 e. The molecule has 1 aliphatic carbocycles. The normalized spacial score (nSPS) is 20.2. The highest BCUT2D eigenvalue weighted by molar-refractivity contribution is 7.89. The van der Waals surface area contributed by atoms with Crippen molar-refractivity contribution in [2.75, 3.05) is 0 Å². The van der Waals surface area contributed by atoms with E-state index in [1.54, 1.807) is 6.92 Å². The van der Waals surface area contributed by atoms with Crippen LogP contribution >= 0.6 is 11.3 Å². The molecule has 0 amide bonds. The lowest BCUT2D eigenvalue weighted by atomic mass is 9.94. The molecular weight excluding hydrogens is 495 g/mol. The van der Waals surface area contributed by atoms with Crippen molar-refractivity contribution in [2.24, 2.45) is 0 Å². The van der Waals surface area contributed by atoms with Gasteiger partial charge in [-0.2, -0.15) is 18.3 Å². The van der Waals surface area contributed by atoms with Crippen LogP contribution in [0.1, 0.15) is 55.9 Å². The SMILES string of the molecule is Cc1nc2sc(C(C)(C)O)nn2c1-c1cnc(C(F)(F)F)c(S(=O)(=O)N[C@H]2CC[C@H](O)CC2)c1. The van der Waals surface area contributed by atoms with Crippen molar-refractivity contribution in [3.63, 3.8) is 0 Å². The van der Waals surface area contributed by atoms with E-state index in [-0.39, 0.29) is 11.3 Å². The van der Waals surface area contributed by atoms with Crippen molar-refractivity contribution in [3.05, 3.63) is 28.7 Å². The largest absolute Gasteiger partial charge is 0.434 e. The summed E-state index contributed by atoms with van der Waals surface area (Å²) in [4.78, 5) is 7.24. The molecule has 3 N–H and O–H groups in total. The molecule has 3 aromatic heterocycles. The molecular formula is C20H24F3N5O4S2. The summed E-state index contributed by atoms with van der Waals surface area (Å²) in [5, 5.41) is 24.6. The first kappa shape index (κ1) is 25.0. The van der Waals surface area contributed by atoms with E-state index in [9.17, 15) is 31.8 Å². The average Bonchev–Trinajstić information content (AvgIpc) is 3.25. The lowest BCUT2D eigenvalue weighted by molar-refractivity contribution is -0.143. The van der Waals surface area contributed by atoms with Gasteiger partial charge in [-0.25, -0.2) is 27.6 Å². The maximum absolute atomic E-state index is 13.7. The molecule has 1 aliphatic rings. The molecule has 0 aliphatic heterocycles. The average molecular weight is 520 g/mol. The van der Waals surface area contributed by atoms with Crippen LogP contribution in [0, 0.1) is 6.92 Å². The lowest BCUT2D eigenvalue weighted by Gasteiger charge is -2.26. The third-order valence-corrected chi connectivity index (χ3v) is 8.36. The first-order chi connectivity index (χ1) is 15.7. The Morgan fingerprint density at radius 3 is 2.44 bits per heavy atom. The number of fused-ring (bicyclic) bond motifs is 1. The summed E-state index contributed by atoms with van der Waals surface area (Å²) in [7, 11) is -4.59. The molecule has 14 heteroatoms. The first-order valence-electron chi connectivity index (χ1n) is 10.5. The number of hydrogen-bond acceptors (Lipinski definition) is 8. The van der Waals surface area contributed by atoms with Crippen LogP contribution in [0.2, 0.25) is 0 Å². The zero-order chi connectivity index (χ0) is 25.1. The van der Waals surface area contributed by atoms with Gasteiger partial charge in [0.2, 0.25) is 15.0 Å². The zero-order valence-corrected chi connectivity index (χ0v) is 20.2. The highest BCUT2D eigenvalue weighted by atomic mass is 32.2. The number of hydrogen-bond donors (Lipinski definition) is 3. The third kappa shape index (κ3) is 4.82.